The first kappa shape index (κ1) is 13.0. The van der Waals surface area contributed by atoms with E-state index in [0.717, 1.165) is 5.69 Å². The fourth-order valence-corrected chi connectivity index (χ4v) is 1.80. The van der Waals surface area contributed by atoms with Crippen LogP contribution in [0.1, 0.15) is 5.56 Å². The first-order valence-corrected chi connectivity index (χ1v) is 6.31. The molecule has 1 aromatic carbocycles. The van der Waals surface area contributed by atoms with E-state index in [4.69, 9.17) is 16.9 Å². The number of nitriles is 1. The second-order valence-electron chi connectivity index (χ2n) is 3.99. The molecule has 0 fully saturated rings. The minimum absolute atomic E-state index is 0.0617. The Kier molecular flexibility index (Phi) is 3.45. The maximum atomic E-state index is 8.77. The lowest BCUT2D eigenvalue weighted by atomic mass is 10.2. The summed E-state index contributed by atoms with van der Waals surface area (Å²) in [7, 11) is 0. The molecule has 0 bridgehead atoms. The molecule has 7 nitrogen and oxygen atoms in total. The van der Waals surface area contributed by atoms with E-state index in [1.54, 1.807) is 42.7 Å². The number of anilines is 2. The standard InChI is InChI=1S/C13H8ClN7/c14-11-18-12(17-10-4-2-9(8-15)3-5-10)20-13(19-11)21-7-1-6-16-21/h1-7H,(H,17,18,19,20). The van der Waals surface area contributed by atoms with Crippen molar-refractivity contribution in [2.24, 2.45) is 0 Å². The van der Waals surface area contributed by atoms with Gasteiger partial charge >= 0.3 is 0 Å². The largest absolute Gasteiger partial charge is 0.324 e. The van der Waals surface area contributed by atoms with Crippen LogP contribution in [0.2, 0.25) is 5.28 Å². The predicted molar refractivity (Wildman–Crippen MR) is 76.4 cm³/mol. The fourth-order valence-electron chi connectivity index (χ4n) is 1.64. The average Bonchev–Trinajstić information content (AvgIpc) is 3.02. The lowest BCUT2D eigenvalue weighted by molar-refractivity contribution is 0.798. The summed E-state index contributed by atoms with van der Waals surface area (Å²) in [6, 6.07) is 10.7. The van der Waals surface area contributed by atoms with Crippen molar-refractivity contribution in [3.05, 3.63) is 53.6 Å². The van der Waals surface area contributed by atoms with Gasteiger partial charge in [0, 0.05) is 18.1 Å². The molecule has 1 N–H and O–H groups in total. The van der Waals surface area contributed by atoms with E-state index < -0.39 is 0 Å². The SMILES string of the molecule is N#Cc1ccc(Nc2nc(Cl)nc(-n3cccn3)n2)cc1. The Hall–Kier alpha value is -2.98. The second kappa shape index (κ2) is 5.56. The van der Waals surface area contributed by atoms with Gasteiger partial charge in [-0.2, -0.15) is 25.3 Å². The van der Waals surface area contributed by atoms with Crippen molar-refractivity contribution in [1.29, 1.82) is 5.26 Å². The first-order chi connectivity index (χ1) is 10.2. The zero-order chi connectivity index (χ0) is 14.7. The molecule has 21 heavy (non-hydrogen) atoms. The zero-order valence-corrected chi connectivity index (χ0v) is 11.4. The molecule has 3 aromatic rings. The van der Waals surface area contributed by atoms with E-state index in [0.29, 0.717) is 17.5 Å². The monoisotopic (exact) mass is 297 g/mol. The molecule has 0 radical (unpaired) electrons. The molecule has 8 heteroatoms. The highest BCUT2D eigenvalue weighted by Crippen LogP contribution is 2.16. The summed E-state index contributed by atoms with van der Waals surface area (Å²) in [6.45, 7) is 0. The van der Waals surface area contributed by atoms with Gasteiger partial charge < -0.3 is 5.32 Å². The molecule has 0 saturated carbocycles. The van der Waals surface area contributed by atoms with Crippen LogP contribution in [0, 0.1) is 11.3 Å². The van der Waals surface area contributed by atoms with E-state index in [2.05, 4.69) is 31.4 Å². The third kappa shape index (κ3) is 2.96. The van der Waals surface area contributed by atoms with Gasteiger partial charge in [-0.1, -0.05) is 0 Å². The van der Waals surface area contributed by atoms with Crippen LogP contribution in [0.5, 0.6) is 0 Å². The molecule has 0 saturated heterocycles. The summed E-state index contributed by atoms with van der Waals surface area (Å²) in [4.78, 5) is 12.2. The van der Waals surface area contributed by atoms with Gasteiger partial charge in [-0.25, -0.2) is 4.68 Å². The highest BCUT2D eigenvalue weighted by atomic mass is 35.5. The van der Waals surface area contributed by atoms with Crippen LogP contribution in [-0.2, 0) is 0 Å². The molecule has 0 aliphatic carbocycles. The highest BCUT2D eigenvalue weighted by Gasteiger charge is 2.07. The summed E-state index contributed by atoms with van der Waals surface area (Å²) in [6.07, 6.45) is 3.32. The van der Waals surface area contributed by atoms with E-state index in [1.807, 2.05) is 0 Å². The lowest BCUT2D eigenvalue weighted by Gasteiger charge is -2.06. The fraction of sp³-hybridized carbons (Fsp3) is 0. The van der Waals surface area contributed by atoms with Crippen molar-refractivity contribution < 1.29 is 0 Å². The molecule has 2 heterocycles. The Balaban J connectivity index is 1.90. The Morgan fingerprint density at radius 2 is 1.95 bits per heavy atom. The number of hydrogen-bond acceptors (Lipinski definition) is 6. The topological polar surface area (TPSA) is 92.3 Å². The van der Waals surface area contributed by atoms with Crippen molar-refractivity contribution in [2.45, 2.75) is 0 Å². The van der Waals surface area contributed by atoms with Crippen LogP contribution in [0.3, 0.4) is 0 Å². The van der Waals surface area contributed by atoms with Gasteiger partial charge in [0.2, 0.25) is 11.2 Å². The normalized spacial score (nSPS) is 10.1. The smallest absolute Gasteiger partial charge is 0.256 e. The van der Waals surface area contributed by atoms with Crippen molar-refractivity contribution >= 4 is 23.2 Å². The molecule has 2 aromatic heterocycles. The number of hydrogen-bond donors (Lipinski definition) is 1. The van der Waals surface area contributed by atoms with Crippen molar-refractivity contribution in [2.75, 3.05) is 5.32 Å². The molecular weight excluding hydrogens is 290 g/mol. The quantitative estimate of drug-likeness (QED) is 0.797. The van der Waals surface area contributed by atoms with Gasteiger partial charge in [0.05, 0.1) is 11.6 Å². The minimum Gasteiger partial charge on any atom is -0.324 e. The Bertz CT molecular complexity index is 790. The van der Waals surface area contributed by atoms with Gasteiger partial charge in [-0.05, 0) is 41.9 Å². The summed E-state index contributed by atoms with van der Waals surface area (Å²) < 4.78 is 1.48. The number of nitrogens with zero attached hydrogens (tertiary/aromatic N) is 6. The van der Waals surface area contributed by atoms with Gasteiger partial charge in [-0.15, -0.1) is 0 Å². The predicted octanol–water partition coefficient (Wildman–Crippen LogP) is 2.33. The van der Waals surface area contributed by atoms with Gasteiger partial charge in [0.15, 0.2) is 0 Å². The highest BCUT2D eigenvalue weighted by molar-refractivity contribution is 6.28. The van der Waals surface area contributed by atoms with Crippen LogP contribution in [0.4, 0.5) is 11.6 Å². The summed E-state index contributed by atoms with van der Waals surface area (Å²) >= 11 is 5.89. The Labute approximate surface area is 124 Å². The van der Waals surface area contributed by atoms with Crippen molar-refractivity contribution in [1.82, 2.24) is 24.7 Å². The first-order valence-electron chi connectivity index (χ1n) is 5.93. The minimum atomic E-state index is 0.0617. The van der Waals surface area contributed by atoms with Crippen molar-refractivity contribution in [3.63, 3.8) is 0 Å². The Morgan fingerprint density at radius 3 is 2.62 bits per heavy atom. The molecular formula is C13H8ClN7. The second-order valence-corrected chi connectivity index (χ2v) is 4.33. The molecule has 3 rings (SSSR count). The number of nitrogens with one attached hydrogen (secondary N) is 1. The van der Waals surface area contributed by atoms with Crippen LogP contribution >= 0.6 is 11.6 Å². The molecule has 0 aliphatic heterocycles. The van der Waals surface area contributed by atoms with E-state index >= 15 is 0 Å². The third-order valence-corrected chi connectivity index (χ3v) is 2.74. The van der Waals surface area contributed by atoms with E-state index in [9.17, 15) is 0 Å². The molecule has 0 spiro atoms. The van der Waals surface area contributed by atoms with Crippen LogP contribution in [-0.4, -0.2) is 24.7 Å². The van der Waals surface area contributed by atoms with Crippen LogP contribution in [0.25, 0.3) is 5.95 Å². The molecule has 102 valence electrons. The zero-order valence-electron chi connectivity index (χ0n) is 10.6. The molecule has 0 aliphatic rings. The lowest BCUT2D eigenvalue weighted by Crippen LogP contribution is -2.06. The Morgan fingerprint density at radius 1 is 1.14 bits per heavy atom. The molecule has 0 unspecified atom stereocenters. The average molecular weight is 298 g/mol. The van der Waals surface area contributed by atoms with Gasteiger partial charge in [0.1, 0.15) is 0 Å². The summed E-state index contributed by atoms with van der Waals surface area (Å²) in [5.41, 5.74) is 1.31. The molecule has 0 amide bonds. The number of halogens is 1. The number of benzene rings is 1. The van der Waals surface area contributed by atoms with E-state index in [1.165, 1.54) is 4.68 Å². The molecule has 0 atom stereocenters. The van der Waals surface area contributed by atoms with Crippen LogP contribution in [0.15, 0.2) is 42.7 Å². The maximum Gasteiger partial charge on any atom is 0.256 e. The van der Waals surface area contributed by atoms with E-state index in [-0.39, 0.29) is 5.28 Å². The summed E-state index contributed by atoms with van der Waals surface area (Å²) in [5, 5.41) is 15.9. The maximum absolute atomic E-state index is 8.77. The van der Waals surface area contributed by atoms with Gasteiger partial charge in [0.25, 0.3) is 5.95 Å². The van der Waals surface area contributed by atoms with Crippen molar-refractivity contribution in [3.8, 4) is 12.0 Å². The third-order valence-electron chi connectivity index (χ3n) is 2.58. The number of aromatic nitrogens is 5. The van der Waals surface area contributed by atoms with Crippen LogP contribution < -0.4 is 5.32 Å². The number of rotatable bonds is 3. The van der Waals surface area contributed by atoms with Gasteiger partial charge in [-0.3, -0.25) is 0 Å². The summed E-state index contributed by atoms with van der Waals surface area (Å²) in [5.74, 6) is 0.612.